The number of para-hydroxylation sites is 1. The van der Waals surface area contributed by atoms with Crippen molar-refractivity contribution in [2.75, 3.05) is 4.90 Å². The van der Waals surface area contributed by atoms with E-state index < -0.39 is 0 Å². The van der Waals surface area contributed by atoms with Crippen LogP contribution in [0.5, 0.6) is 0 Å². The van der Waals surface area contributed by atoms with Gasteiger partial charge in [0.05, 0.1) is 11.1 Å². The van der Waals surface area contributed by atoms with Gasteiger partial charge in [-0.3, -0.25) is 0 Å². The number of benzene rings is 9. The van der Waals surface area contributed by atoms with E-state index in [2.05, 4.69) is 163 Å². The van der Waals surface area contributed by atoms with Crippen LogP contribution in [0.4, 0.5) is 17.1 Å². The molecule has 2 heterocycles. The fourth-order valence-electron chi connectivity index (χ4n) is 8.22. The van der Waals surface area contributed by atoms with E-state index in [1.54, 1.807) is 0 Å². The Morgan fingerprint density at radius 3 is 1.13 bits per heavy atom. The second kappa shape index (κ2) is 16.0. The zero-order valence-electron chi connectivity index (χ0n) is 33.6. The van der Waals surface area contributed by atoms with Crippen molar-refractivity contribution in [3.05, 3.63) is 231 Å². The van der Waals surface area contributed by atoms with Crippen LogP contribution in [0.25, 0.3) is 89.5 Å². The predicted octanol–water partition coefficient (Wildman–Crippen LogP) is 15.2. The molecule has 0 bridgehead atoms. The molecule has 62 heavy (non-hydrogen) atoms. The van der Waals surface area contributed by atoms with Gasteiger partial charge in [0.2, 0.25) is 0 Å². The first kappa shape index (κ1) is 36.7. The lowest BCUT2D eigenvalue weighted by atomic mass is 9.98. The number of aromatic nitrogens is 3. The lowest BCUT2D eigenvalue weighted by Gasteiger charge is -2.27. The van der Waals surface area contributed by atoms with E-state index in [1.165, 1.54) is 11.1 Å². The van der Waals surface area contributed by atoms with E-state index >= 15 is 0 Å². The van der Waals surface area contributed by atoms with Crippen molar-refractivity contribution >= 4 is 39.0 Å². The molecular formula is C57H38N4O. The van der Waals surface area contributed by atoms with Gasteiger partial charge >= 0.3 is 0 Å². The molecule has 9 aromatic carbocycles. The summed E-state index contributed by atoms with van der Waals surface area (Å²) in [7, 11) is 0. The number of hydrogen-bond acceptors (Lipinski definition) is 5. The van der Waals surface area contributed by atoms with Gasteiger partial charge in [-0.25, -0.2) is 15.0 Å². The lowest BCUT2D eigenvalue weighted by molar-refractivity contribution is 0.669. The molecular weight excluding hydrogens is 757 g/mol. The molecule has 0 fully saturated rings. The summed E-state index contributed by atoms with van der Waals surface area (Å²) in [5.41, 5.74) is 14.2. The Morgan fingerprint density at radius 2 is 0.645 bits per heavy atom. The Balaban J connectivity index is 1.05. The van der Waals surface area contributed by atoms with Crippen LogP contribution in [0.15, 0.2) is 235 Å². The molecule has 0 radical (unpaired) electrons. The summed E-state index contributed by atoms with van der Waals surface area (Å²) in [4.78, 5) is 17.2. The fourth-order valence-corrected chi connectivity index (χ4v) is 8.22. The average Bonchev–Trinajstić information content (AvgIpc) is 3.74. The van der Waals surface area contributed by atoms with E-state index in [-0.39, 0.29) is 0 Å². The van der Waals surface area contributed by atoms with E-state index in [4.69, 9.17) is 19.4 Å². The van der Waals surface area contributed by atoms with Crippen LogP contribution < -0.4 is 4.90 Å². The normalized spacial score (nSPS) is 11.2. The highest BCUT2D eigenvalue weighted by Gasteiger charge is 2.22. The maximum absolute atomic E-state index is 6.68. The third-order valence-corrected chi connectivity index (χ3v) is 11.3. The molecule has 0 saturated carbocycles. The number of nitrogens with zero attached hydrogens (tertiary/aromatic N) is 4. The molecule has 5 nitrogen and oxygen atoms in total. The molecule has 0 spiro atoms. The summed E-state index contributed by atoms with van der Waals surface area (Å²) in [6.07, 6.45) is 0. The molecule has 0 amide bonds. The quantitative estimate of drug-likeness (QED) is 0.146. The van der Waals surface area contributed by atoms with Gasteiger partial charge in [0, 0.05) is 33.5 Å². The molecule has 0 N–H and O–H groups in total. The molecule has 0 saturated heterocycles. The largest absolute Gasteiger partial charge is 0.456 e. The number of rotatable bonds is 9. The first-order valence-electron chi connectivity index (χ1n) is 20.8. The summed E-state index contributed by atoms with van der Waals surface area (Å²) in [5.74, 6) is 1.88. The predicted molar refractivity (Wildman–Crippen MR) is 254 cm³/mol. The number of anilines is 3. The lowest BCUT2D eigenvalue weighted by Crippen LogP contribution is -2.10. The number of hydrogen-bond donors (Lipinski definition) is 0. The first-order valence-corrected chi connectivity index (χ1v) is 20.8. The standard InChI is InChI=1S/C57H38N4O/c1-5-15-39(16-6-1)41-29-33-48(34-30-41)61(49-35-31-42(32-36-49)40-17-7-2-8-18-40)51-37-47(38-53-54(51)50-23-13-14-24-52(50)62-53)43-25-27-46(28-26-43)57-59-55(44-19-9-3-10-20-44)58-56(60-57)45-21-11-4-12-22-45/h1-38H. The zero-order chi connectivity index (χ0) is 41.2. The summed E-state index contributed by atoms with van der Waals surface area (Å²) >= 11 is 0. The third kappa shape index (κ3) is 7.08. The second-order valence-electron chi connectivity index (χ2n) is 15.2. The van der Waals surface area contributed by atoms with Crippen molar-refractivity contribution in [3.63, 3.8) is 0 Å². The molecule has 5 heteroatoms. The van der Waals surface area contributed by atoms with Crippen molar-refractivity contribution in [1.29, 1.82) is 0 Å². The van der Waals surface area contributed by atoms with Crippen LogP contribution in [0, 0.1) is 0 Å². The van der Waals surface area contributed by atoms with Crippen LogP contribution in [0.1, 0.15) is 0 Å². The highest BCUT2D eigenvalue weighted by atomic mass is 16.3. The highest BCUT2D eigenvalue weighted by Crippen LogP contribution is 2.46. The van der Waals surface area contributed by atoms with E-state index in [0.717, 1.165) is 77.9 Å². The Hall–Kier alpha value is -8.41. The monoisotopic (exact) mass is 794 g/mol. The summed E-state index contributed by atoms with van der Waals surface area (Å²) in [5, 5.41) is 2.11. The van der Waals surface area contributed by atoms with Crippen LogP contribution in [-0.4, -0.2) is 15.0 Å². The highest BCUT2D eigenvalue weighted by molar-refractivity contribution is 6.14. The average molecular weight is 795 g/mol. The molecule has 11 rings (SSSR count). The summed E-state index contributed by atoms with van der Waals surface area (Å²) < 4.78 is 6.68. The molecule has 0 unspecified atom stereocenters. The maximum Gasteiger partial charge on any atom is 0.164 e. The molecule has 2 aromatic heterocycles. The fraction of sp³-hybridized carbons (Fsp3) is 0. The van der Waals surface area contributed by atoms with Gasteiger partial charge in [0.25, 0.3) is 0 Å². The SMILES string of the molecule is c1ccc(-c2ccc(N(c3ccc(-c4ccccc4)cc3)c3cc(-c4ccc(-c5nc(-c6ccccc6)nc(-c6ccccc6)n5)cc4)cc4oc5ccccc5c34)cc2)cc1. The van der Waals surface area contributed by atoms with E-state index in [9.17, 15) is 0 Å². The third-order valence-electron chi connectivity index (χ3n) is 11.3. The molecule has 292 valence electrons. The molecule has 11 aromatic rings. The number of fused-ring (bicyclic) bond motifs is 3. The maximum atomic E-state index is 6.68. The van der Waals surface area contributed by atoms with Crippen molar-refractivity contribution in [2.24, 2.45) is 0 Å². The molecule has 0 aliphatic rings. The van der Waals surface area contributed by atoms with Crippen LogP contribution in [0.2, 0.25) is 0 Å². The Bertz CT molecular complexity index is 3160. The number of furan rings is 1. The first-order chi connectivity index (χ1) is 30.7. The Morgan fingerprint density at radius 1 is 0.290 bits per heavy atom. The molecule has 0 atom stereocenters. The van der Waals surface area contributed by atoms with Crippen molar-refractivity contribution < 1.29 is 4.42 Å². The van der Waals surface area contributed by atoms with Crippen molar-refractivity contribution in [3.8, 4) is 67.5 Å². The topological polar surface area (TPSA) is 55.1 Å². The van der Waals surface area contributed by atoms with Gasteiger partial charge in [-0.15, -0.1) is 0 Å². The molecule has 0 aliphatic carbocycles. The van der Waals surface area contributed by atoms with Crippen LogP contribution >= 0.6 is 0 Å². The van der Waals surface area contributed by atoms with Gasteiger partial charge in [0.15, 0.2) is 17.5 Å². The summed E-state index contributed by atoms with van der Waals surface area (Å²) in [6.45, 7) is 0. The van der Waals surface area contributed by atoms with Gasteiger partial charge in [-0.2, -0.15) is 0 Å². The Kier molecular flexibility index (Phi) is 9.45. The van der Waals surface area contributed by atoms with E-state index in [0.29, 0.717) is 17.5 Å². The van der Waals surface area contributed by atoms with Gasteiger partial charge in [-0.05, 0) is 75.8 Å². The van der Waals surface area contributed by atoms with Gasteiger partial charge < -0.3 is 9.32 Å². The van der Waals surface area contributed by atoms with Crippen molar-refractivity contribution in [2.45, 2.75) is 0 Å². The van der Waals surface area contributed by atoms with Crippen LogP contribution in [-0.2, 0) is 0 Å². The van der Waals surface area contributed by atoms with Gasteiger partial charge in [0.1, 0.15) is 11.2 Å². The van der Waals surface area contributed by atoms with Gasteiger partial charge in [-0.1, -0.05) is 188 Å². The zero-order valence-corrected chi connectivity index (χ0v) is 33.6. The van der Waals surface area contributed by atoms with Crippen molar-refractivity contribution in [1.82, 2.24) is 15.0 Å². The smallest absolute Gasteiger partial charge is 0.164 e. The second-order valence-corrected chi connectivity index (χ2v) is 15.2. The van der Waals surface area contributed by atoms with Crippen LogP contribution in [0.3, 0.4) is 0 Å². The molecule has 0 aliphatic heterocycles. The Labute approximate surface area is 359 Å². The van der Waals surface area contributed by atoms with E-state index in [1.807, 2.05) is 72.8 Å². The minimum atomic E-state index is 0.613. The minimum absolute atomic E-state index is 0.613. The summed E-state index contributed by atoms with van der Waals surface area (Å²) in [6, 6.07) is 80.1. The minimum Gasteiger partial charge on any atom is -0.456 e.